The third-order valence-electron chi connectivity index (χ3n) is 4.51. The van der Waals surface area contributed by atoms with Crippen molar-refractivity contribution in [1.29, 1.82) is 0 Å². The van der Waals surface area contributed by atoms with E-state index in [4.69, 9.17) is 9.05 Å². The molecule has 1 aromatic carbocycles. The van der Waals surface area contributed by atoms with Crippen molar-refractivity contribution < 1.29 is 32.3 Å². The molecule has 1 saturated heterocycles. The summed E-state index contributed by atoms with van der Waals surface area (Å²) < 4.78 is 41.6. The maximum absolute atomic E-state index is 13.0. The highest BCUT2D eigenvalue weighted by atomic mass is 31.2. The van der Waals surface area contributed by atoms with Crippen LogP contribution >= 0.6 is 7.60 Å². The minimum Gasteiger partial charge on any atom is -0.469 e. The number of hydrogen-bond donors (Lipinski definition) is 1. The molecule has 1 N–H and O–H groups in total. The number of rotatable bonds is 8. The van der Waals surface area contributed by atoms with Gasteiger partial charge in [-0.15, -0.1) is 0 Å². The lowest BCUT2D eigenvalue weighted by molar-refractivity contribution is -0.141. The Hall–Kier alpha value is -1.76. The third-order valence-corrected chi connectivity index (χ3v) is 6.43. The first kappa shape index (κ1) is 22.5. The Balaban J connectivity index is 1.91. The first-order valence-electron chi connectivity index (χ1n) is 9.16. The second-order valence-corrected chi connectivity index (χ2v) is 9.57. The van der Waals surface area contributed by atoms with Crippen LogP contribution in [0.3, 0.4) is 0 Å². The van der Waals surface area contributed by atoms with E-state index in [0.717, 1.165) is 5.56 Å². The standard InChI is InChI=1S/C19H27FNO6P/c1-19(2)13-26-28(24,12-4-5-14-6-8-15(20)9-7-14)27-17(19)18(23)21-11-10-16(22)25-3/h6-9,17H,4-5,10-13H2,1-3H3,(H,21,23)/t17-,28?/m0/s1. The number of esters is 1. The van der Waals surface area contributed by atoms with E-state index in [0.29, 0.717) is 12.8 Å². The molecule has 1 unspecified atom stereocenters. The Labute approximate surface area is 164 Å². The van der Waals surface area contributed by atoms with Crippen LogP contribution in [0, 0.1) is 11.2 Å². The summed E-state index contributed by atoms with van der Waals surface area (Å²) in [5, 5.41) is 2.62. The molecule has 0 spiro atoms. The van der Waals surface area contributed by atoms with Gasteiger partial charge in [0.05, 0.1) is 26.3 Å². The maximum Gasteiger partial charge on any atom is 0.331 e. The molecule has 0 radical (unpaired) electrons. The zero-order valence-electron chi connectivity index (χ0n) is 16.4. The number of aryl methyl sites for hydroxylation is 1. The largest absolute Gasteiger partial charge is 0.469 e. The number of hydrogen-bond acceptors (Lipinski definition) is 6. The highest BCUT2D eigenvalue weighted by Crippen LogP contribution is 2.56. The molecule has 28 heavy (non-hydrogen) atoms. The Morgan fingerprint density at radius 2 is 2.00 bits per heavy atom. The molecule has 156 valence electrons. The van der Waals surface area contributed by atoms with Gasteiger partial charge in [-0.1, -0.05) is 26.0 Å². The van der Waals surface area contributed by atoms with Gasteiger partial charge in [0.25, 0.3) is 0 Å². The van der Waals surface area contributed by atoms with Crippen molar-refractivity contribution in [1.82, 2.24) is 5.32 Å². The van der Waals surface area contributed by atoms with Crippen LogP contribution in [-0.4, -0.2) is 44.4 Å². The number of ether oxygens (including phenoxy) is 1. The number of halogens is 1. The van der Waals surface area contributed by atoms with E-state index in [-0.39, 0.29) is 31.6 Å². The molecule has 1 heterocycles. The van der Waals surface area contributed by atoms with Crippen molar-refractivity contribution in [2.24, 2.45) is 5.41 Å². The van der Waals surface area contributed by atoms with Crippen LogP contribution in [0.4, 0.5) is 4.39 Å². The zero-order chi connectivity index (χ0) is 20.8. The van der Waals surface area contributed by atoms with Crippen LogP contribution in [0.1, 0.15) is 32.3 Å². The lowest BCUT2D eigenvalue weighted by Gasteiger charge is -2.40. The first-order chi connectivity index (χ1) is 13.1. The monoisotopic (exact) mass is 415 g/mol. The molecule has 0 bridgehead atoms. The molecular formula is C19H27FNO6P. The Morgan fingerprint density at radius 1 is 1.32 bits per heavy atom. The normalized spacial score (nSPS) is 23.8. The van der Waals surface area contributed by atoms with Crippen molar-refractivity contribution in [2.75, 3.05) is 26.4 Å². The third kappa shape index (κ3) is 6.40. The number of benzene rings is 1. The summed E-state index contributed by atoms with van der Waals surface area (Å²) in [6, 6.07) is 6.10. The number of carbonyl (C=O) groups excluding carboxylic acids is 2. The lowest BCUT2D eigenvalue weighted by atomic mass is 9.87. The van der Waals surface area contributed by atoms with Crippen molar-refractivity contribution in [3.05, 3.63) is 35.6 Å². The van der Waals surface area contributed by atoms with Gasteiger partial charge in [0.2, 0.25) is 5.91 Å². The summed E-state index contributed by atoms with van der Waals surface area (Å²) in [5.74, 6) is -1.17. The van der Waals surface area contributed by atoms with Gasteiger partial charge in [0.15, 0.2) is 6.10 Å². The van der Waals surface area contributed by atoms with Crippen LogP contribution in [0.25, 0.3) is 0 Å². The maximum atomic E-state index is 13.0. The number of nitrogens with one attached hydrogen (secondary N) is 1. The summed E-state index contributed by atoms with van der Waals surface area (Å²) in [7, 11) is -2.16. The molecular weight excluding hydrogens is 388 g/mol. The van der Waals surface area contributed by atoms with E-state index in [1.165, 1.54) is 19.2 Å². The highest BCUT2D eigenvalue weighted by molar-refractivity contribution is 7.53. The summed E-state index contributed by atoms with van der Waals surface area (Å²) in [5.41, 5.74) is 0.252. The van der Waals surface area contributed by atoms with Crippen LogP contribution in [0.15, 0.2) is 24.3 Å². The van der Waals surface area contributed by atoms with Crippen LogP contribution in [0.2, 0.25) is 0 Å². The molecule has 2 atom stereocenters. The molecule has 2 rings (SSSR count). The fourth-order valence-corrected chi connectivity index (χ4v) is 4.88. The second kappa shape index (κ2) is 9.63. The first-order valence-corrected chi connectivity index (χ1v) is 10.9. The molecule has 0 aromatic heterocycles. The fraction of sp³-hybridized carbons (Fsp3) is 0.579. The van der Waals surface area contributed by atoms with E-state index < -0.39 is 31.0 Å². The summed E-state index contributed by atoms with van der Waals surface area (Å²) >= 11 is 0. The van der Waals surface area contributed by atoms with Crippen LogP contribution in [-0.2, 0) is 34.4 Å². The van der Waals surface area contributed by atoms with Gasteiger partial charge in [0, 0.05) is 12.0 Å². The smallest absolute Gasteiger partial charge is 0.331 e. The van der Waals surface area contributed by atoms with E-state index >= 15 is 0 Å². The molecule has 7 nitrogen and oxygen atoms in total. The average molecular weight is 415 g/mol. The van der Waals surface area contributed by atoms with Gasteiger partial charge < -0.3 is 14.6 Å². The zero-order valence-corrected chi connectivity index (χ0v) is 17.3. The molecule has 1 aliphatic heterocycles. The predicted molar refractivity (Wildman–Crippen MR) is 101 cm³/mol. The Morgan fingerprint density at radius 3 is 2.64 bits per heavy atom. The predicted octanol–water partition coefficient (Wildman–Crippen LogP) is 3.07. The SMILES string of the molecule is COC(=O)CCNC(=O)[C@@H]1OP(=O)(CCCc2ccc(F)cc2)OCC1(C)C. The average Bonchev–Trinajstić information content (AvgIpc) is 2.65. The van der Waals surface area contributed by atoms with E-state index in [9.17, 15) is 18.5 Å². The van der Waals surface area contributed by atoms with Crippen molar-refractivity contribution in [3.8, 4) is 0 Å². The molecule has 0 saturated carbocycles. The van der Waals surface area contributed by atoms with Gasteiger partial charge in [-0.2, -0.15) is 0 Å². The molecule has 1 aliphatic rings. The highest BCUT2D eigenvalue weighted by Gasteiger charge is 2.47. The fourth-order valence-electron chi connectivity index (χ4n) is 2.80. The summed E-state index contributed by atoms with van der Waals surface area (Å²) in [4.78, 5) is 23.7. The summed E-state index contributed by atoms with van der Waals surface area (Å²) in [6.07, 6.45) is 0.361. The van der Waals surface area contributed by atoms with E-state index in [2.05, 4.69) is 10.1 Å². The number of carbonyl (C=O) groups is 2. The number of amides is 1. The quantitative estimate of drug-likeness (QED) is 0.518. The second-order valence-electron chi connectivity index (χ2n) is 7.43. The molecule has 1 aromatic rings. The number of methoxy groups -OCH3 is 1. The Bertz CT molecular complexity index is 736. The topological polar surface area (TPSA) is 90.9 Å². The molecule has 9 heteroatoms. The summed E-state index contributed by atoms with van der Waals surface area (Å²) in [6.45, 7) is 3.81. The van der Waals surface area contributed by atoms with Gasteiger partial charge in [0.1, 0.15) is 5.82 Å². The van der Waals surface area contributed by atoms with Gasteiger partial charge in [-0.05, 0) is 30.5 Å². The van der Waals surface area contributed by atoms with E-state index in [1.807, 2.05) is 0 Å². The minimum absolute atomic E-state index is 0.0429. The van der Waals surface area contributed by atoms with Crippen molar-refractivity contribution >= 4 is 19.5 Å². The van der Waals surface area contributed by atoms with Gasteiger partial charge in [-0.25, -0.2) is 4.39 Å². The van der Waals surface area contributed by atoms with Crippen LogP contribution < -0.4 is 5.32 Å². The lowest BCUT2D eigenvalue weighted by Crippen LogP contribution is -2.50. The molecule has 1 fully saturated rings. The molecule has 1 amide bonds. The van der Waals surface area contributed by atoms with Gasteiger partial charge >= 0.3 is 13.6 Å². The van der Waals surface area contributed by atoms with Crippen LogP contribution in [0.5, 0.6) is 0 Å². The van der Waals surface area contributed by atoms with Crippen molar-refractivity contribution in [2.45, 2.75) is 39.2 Å². The Kier molecular flexibility index (Phi) is 7.75. The van der Waals surface area contributed by atoms with E-state index in [1.54, 1.807) is 26.0 Å². The van der Waals surface area contributed by atoms with Crippen molar-refractivity contribution in [3.63, 3.8) is 0 Å². The molecule has 0 aliphatic carbocycles. The van der Waals surface area contributed by atoms with Gasteiger partial charge in [-0.3, -0.25) is 18.7 Å². The minimum atomic E-state index is -3.43.